The number of benzene rings is 8. The van der Waals surface area contributed by atoms with Crippen LogP contribution in [-0.4, -0.2) is 0 Å². The van der Waals surface area contributed by atoms with Crippen LogP contribution < -0.4 is 0 Å². The molecule has 0 aliphatic heterocycles. The van der Waals surface area contributed by atoms with Gasteiger partial charge in [-0.05, 0) is 196 Å². The molecule has 0 spiro atoms. The first-order valence-corrected chi connectivity index (χ1v) is 18.8. The van der Waals surface area contributed by atoms with Crippen LogP contribution in [0.2, 0.25) is 0 Å². The summed E-state index contributed by atoms with van der Waals surface area (Å²) < 4.78 is 6.54. The summed E-state index contributed by atoms with van der Waals surface area (Å²) in [4.78, 5) is 0. The molecule has 0 aliphatic rings. The maximum absolute atomic E-state index is 6.54. The summed E-state index contributed by atoms with van der Waals surface area (Å²) >= 11 is 0. The van der Waals surface area contributed by atoms with Crippen LogP contribution in [0.4, 0.5) is 0 Å². The van der Waals surface area contributed by atoms with Crippen molar-refractivity contribution < 1.29 is 4.42 Å². The van der Waals surface area contributed by atoms with Gasteiger partial charge in [0.15, 0.2) is 0 Å². The quantitative estimate of drug-likeness (QED) is 0.168. The van der Waals surface area contributed by atoms with Crippen molar-refractivity contribution in [1.29, 1.82) is 0 Å². The number of furan rings is 1. The van der Waals surface area contributed by atoms with Crippen LogP contribution in [0.1, 0.15) is 44.5 Å². The number of hydrogen-bond acceptors (Lipinski definition) is 1. The molecule has 1 heteroatoms. The van der Waals surface area contributed by atoms with Crippen molar-refractivity contribution >= 4 is 43.5 Å². The highest BCUT2D eigenvalue weighted by molar-refractivity contribution is 6.28. The highest BCUT2D eigenvalue weighted by Gasteiger charge is 2.27. The topological polar surface area (TPSA) is 13.1 Å². The molecule has 0 unspecified atom stereocenters. The molecule has 0 bridgehead atoms. The Morgan fingerprint density at radius 3 is 1.23 bits per heavy atom. The molecule has 9 rings (SSSR count). The zero-order chi connectivity index (χ0) is 36.7. The Labute approximate surface area is 312 Å². The van der Waals surface area contributed by atoms with Crippen molar-refractivity contribution in [1.82, 2.24) is 0 Å². The van der Waals surface area contributed by atoms with Crippen molar-refractivity contribution in [3.05, 3.63) is 166 Å². The van der Waals surface area contributed by atoms with Crippen molar-refractivity contribution in [2.75, 3.05) is 0 Å². The molecule has 1 aromatic heterocycles. The molecule has 0 radical (unpaired) electrons. The number of aryl methyl sites for hydroxylation is 4. The van der Waals surface area contributed by atoms with Gasteiger partial charge < -0.3 is 4.42 Å². The smallest absolute Gasteiger partial charge is 0.136 e. The van der Waals surface area contributed by atoms with Gasteiger partial charge in [-0.2, -0.15) is 0 Å². The van der Waals surface area contributed by atoms with E-state index in [-0.39, 0.29) is 0 Å². The monoisotopic (exact) mass is 684 g/mol. The molecule has 1 heterocycles. The van der Waals surface area contributed by atoms with E-state index in [1.807, 2.05) is 0 Å². The summed E-state index contributed by atoms with van der Waals surface area (Å²) in [6.07, 6.45) is 0. The molecule has 8 aromatic carbocycles. The Morgan fingerprint density at radius 1 is 0.302 bits per heavy atom. The molecule has 0 saturated carbocycles. The minimum atomic E-state index is 0.922. The van der Waals surface area contributed by atoms with Crippen LogP contribution in [0.3, 0.4) is 0 Å². The first kappa shape index (κ1) is 33.0. The molecule has 0 amide bonds. The van der Waals surface area contributed by atoms with Crippen molar-refractivity contribution in [2.24, 2.45) is 0 Å². The van der Waals surface area contributed by atoms with Crippen LogP contribution >= 0.6 is 0 Å². The van der Waals surface area contributed by atoms with E-state index in [0.717, 1.165) is 16.6 Å². The lowest BCUT2D eigenvalue weighted by Gasteiger charge is -2.27. The maximum Gasteiger partial charge on any atom is 0.136 e. The second-order valence-electron chi connectivity index (χ2n) is 15.1. The zero-order valence-corrected chi connectivity index (χ0v) is 32.0. The summed E-state index contributed by atoms with van der Waals surface area (Å²) in [6, 6.07) is 44.1. The lowest BCUT2D eigenvalue weighted by molar-refractivity contribution is 0.669. The molecule has 258 valence electrons. The lowest BCUT2D eigenvalue weighted by Crippen LogP contribution is -2.04. The van der Waals surface area contributed by atoms with Gasteiger partial charge in [-0.25, -0.2) is 0 Å². The lowest BCUT2D eigenvalue weighted by atomic mass is 9.76. The molecular weight excluding hydrogens is 641 g/mol. The SMILES string of the molecule is Cc1c(C)c(C)c2c(-c3cccc4oc5ccccc5c34)c3c(C)c(C)c(C)c(C)c3c(-c3cc(-c4ccccc4)cc(-c4ccccc4)c3)c2c1C. The Bertz CT molecular complexity index is 2800. The first-order chi connectivity index (χ1) is 25.7. The van der Waals surface area contributed by atoms with Gasteiger partial charge in [0.05, 0.1) is 0 Å². The number of para-hydroxylation sites is 1. The average molecular weight is 685 g/mol. The van der Waals surface area contributed by atoms with Crippen molar-refractivity contribution in [3.8, 4) is 44.5 Å². The van der Waals surface area contributed by atoms with Gasteiger partial charge in [-0.15, -0.1) is 0 Å². The normalized spacial score (nSPS) is 11.8. The predicted molar refractivity (Wildman–Crippen MR) is 228 cm³/mol. The Balaban J connectivity index is 1.56. The Hall–Kier alpha value is -5.92. The summed E-state index contributed by atoms with van der Waals surface area (Å²) in [5.74, 6) is 0. The highest BCUT2D eigenvalue weighted by Crippen LogP contribution is 2.53. The van der Waals surface area contributed by atoms with Crippen LogP contribution in [0.25, 0.3) is 88.0 Å². The van der Waals surface area contributed by atoms with E-state index in [1.54, 1.807) is 0 Å². The largest absolute Gasteiger partial charge is 0.456 e. The maximum atomic E-state index is 6.54. The minimum Gasteiger partial charge on any atom is -0.456 e. The van der Waals surface area contributed by atoms with E-state index in [4.69, 9.17) is 4.42 Å². The second-order valence-corrected chi connectivity index (χ2v) is 15.1. The summed E-state index contributed by atoms with van der Waals surface area (Å²) in [6.45, 7) is 18.6. The standard InChI is InChI=1S/C52H44O/c1-29-31(3)35(7)48-46(33(29)5)50(41-27-39(37-18-11-9-12-19-37)26-40(28-41)38-20-13-10-14-21-38)47-34(6)30(2)32(4)36(8)49(47)52(48)43-23-17-25-45-51(43)42-22-15-16-24-44(42)53-45/h9-28H,1-8H3. The molecule has 0 atom stereocenters. The van der Waals surface area contributed by atoms with E-state index < -0.39 is 0 Å². The average Bonchev–Trinajstić information content (AvgIpc) is 3.59. The fraction of sp³-hybridized carbons (Fsp3) is 0.154. The van der Waals surface area contributed by atoms with Crippen LogP contribution in [0.15, 0.2) is 126 Å². The van der Waals surface area contributed by atoms with E-state index in [2.05, 4.69) is 177 Å². The molecular formula is C52H44O. The molecule has 9 aromatic rings. The molecule has 0 saturated heterocycles. The molecule has 0 aliphatic carbocycles. The molecule has 53 heavy (non-hydrogen) atoms. The summed E-state index contributed by atoms with van der Waals surface area (Å²) in [7, 11) is 0. The molecule has 1 nitrogen and oxygen atoms in total. The third-order valence-electron chi connectivity index (χ3n) is 12.5. The van der Waals surface area contributed by atoms with E-state index in [1.165, 1.54) is 116 Å². The van der Waals surface area contributed by atoms with Gasteiger partial charge in [0.2, 0.25) is 0 Å². The van der Waals surface area contributed by atoms with E-state index in [0.29, 0.717) is 0 Å². The van der Waals surface area contributed by atoms with Gasteiger partial charge in [-0.3, -0.25) is 0 Å². The van der Waals surface area contributed by atoms with Gasteiger partial charge in [-0.1, -0.05) is 91.0 Å². The van der Waals surface area contributed by atoms with Gasteiger partial charge in [0.25, 0.3) is 0 Å². The second kappa shape index (κ2) is 12.3. The van der Waals surface area contributed by atoms with Gasteiger partial charge in [0, 0.05) is 10.8 Å². The van der Waals surface area contributed by atoms with Crippen LogP contribution in [-0.2, 0) is 0 Å². The highest BCUT2D eigenvalue weighted by atomic mass is 16.3. The van der Waals surface area contributed by atoms with E-state index >= 15 is 0 Å². The van der Waals surface area contributed by atoms with Gasteiger partial charge >= 0.3 is 0 Å². The fourth-order valence-corrected chi connectivity index (χ4v) is 9.03. The summed E-state index contributed by atoms with van der Waals surface area (Å²) in [5, 5.41) is 7.69. The number of rotatable bonds is 4. The summed E-state index contributed by atoms with van der Waals surface area (Å²) in [5.41, 5.74) is 22.6. The van der Waals surface area contributed by atoms with Crippen molar-refractivity contribution in [2.45, 2.75) is 55.4 Å². The number of fused-ring (bicyclic) bond motifs is 5. The van der Waals surface area contributed by atoms with Crippen LogP contribution in [0, 0.1) is 55.4 Å². The molecule has 0 fully saturated rings. The third kappa shape index (κ3) is 4.91. The predicted octanol–water partition coefficient (Wildman–Crippen LogP) is 15.0. The Kier molecular flexibility index (Phi) is 7.68. The molecule has 0 N–H and O–H groups in total. The third-order valence-corrected chi connectivity index (χ3v) is 12.5. The minimum absolute atomic E-state index is 0.922. The fourth-order valence-electron chi connectivity index (χ4n) is 9.03. The zero-order valence-electron chi connectivity index (χ0n) is 32.0. The Morgan fingerprint density at radius 2 is 0.717 bits per heavy atom. The first-order valence-electron chi connectivity index (χ1n) is 18.8. The van der Waals surface area contributed by atoms with Gasteiger partial charge in [0.1, 0.15) is 11.2 Å². The number of hydrogen-bond donors (Lipinski definition) is 0. The van der Waals surface area contributed by atoms with Crippen molar-refractivity contribution in [3.63, 3.8) is 0 Å². The van der Waals surface area contributed by atoms with E-state index in [9.17, 15) is 0 Å². The van der Waals surface area contributed by atoms with Crippen LogP contribution in [0.5, 0.6) is 0 Å².